The van der Waals surface area contributed by atoms with E-state index in [1.807, 2.05) is 13.8 Å². The Morgan fingerprint density at radius 3 is 2.11 bits per heavy atom. The highest BCUT2D eigenvalue weighted by Crippen LogP contribution is 2.30. The van der Waals surface area contributed by atoms with Crippen molar-refractivity contribution in [1.29, 1.82) is 0 Å². The van der Waals surface area contributed by atoms with Crippen LogP contribution in [0.2, 0.25) is 0 Å². The normalized spacial score (nSPS) is 12.6. The maximum absolute atomic E-state index is 12.3. The molecule has 0 aliphatic carbocycles. The van der Waals surface area contributed by atoms with Crippen LogP contribution >= 0.6 is 0 Å². The summed E-state index contributed by atoms with van der Waals surface area (Å²) in [6.45, 7) is 4.67. The molecule has 0 aromatic heterocycles. The Labute approximate surface area is 105 Å². The molecule has 1 aromatic carbocycles. The first-order valence-electron chi connectivity index (χ1n) is 5.77. The number of hydrogen-bond donors (Lipinski definition) is 2. The van der Waals surface area contributed by atoms with Crippen LogP contribution in [0.25, 0.3) is 0 Å². The molecule has 1 aromatic rings. The second-order valence-corrected chi connectivity index (χ2v) is 5.07. The summed E-state index contributed by atoms with van der Waals surface area (Å²) < 4.78 is 37.0. The number of halogens is 3. The number of aliphatic hydroxyl groups is 1. The first kappa shape index (κ1) is 14.8. The third-order valence-corrected chi connectivity index (χ3v) is 2.77. The lowest BCUT2D eigenvalue weighted by Gasteiger charge is -2.24. The summed E-state index contributed by atoms with van der Waals surface area (Å²) in [5, 5.41) is 11.9. The van der Waals surface area contributed by atoms with Gasteiger partial charge in [-0.2, -0.15) is 13.2 Å². The van der Waals surface area contributed by atoms with Crippen LogP contribution in [0, 0.1) is 5.41 Å². The molecule has 102 valence electrons. The summed E-state index contributed by atoms with van der Waals surface area (Å²) in [5.74, 6) is 0. The number of alkyl halides is 3. The standard InChI is InChI=1S/C13H18F3NO/c1-12(2,7-8-18)9-17-11-5-3-10(4-6-11)13(14,15)16/h3-6,17-18H,7-9H2,1-2H3. The van der Waals surface area contributed by atoms with Crippen LogP contribution < -0.4 is 5.32 Å². The minimum Gasteiger partial charge on any atom is -0.396 e. The Hall–Kier alpha value is -1.23. The molecule has 0 atom stereocenters. The van der Waals surface area contributed by atoms with Gasteiger partial charge in [-0.3, -0.25) is 0 Å². The third-order valence-electron chi connectivity index (χ3n) is 2.77. The number of aliphatic hydroxyl groups excluding tert-OH is 1. The predicted molar refractivity (Wildman–Crippen MR) is 65.4 cm³/mol. The molecule has 0 heterocycles. The fourth-order valence-corrected chi connectivity index (χ4v) is 1.51. The number of rotatable bonds is 5. The molecule has 18 heavy (non-hydrogen) atoms. The molecule has 2 N–H and O–H groups in total. The average Bonchev–Trinajstić information content (AvgIpc) is 2.26. The maximum Gasteiger partial charge on any atom is 0.416 e. The number of hydrogen-bond acceptors (Lipinski definition) is 2. The van der Waals surface area contributed by atoms with Crippen LogP contribution in [0.15, 0.2) is 24.3 Å². The molecule has 0 unspecified atom stereocenters. The molecule has 0 aliphatic heterocycles. The highest BCUT2D eigenvalue weighted by atomic mass is 19.4. The fraction of sp³-hybridized carbons (Fsp3) is 0.538. The van der Waals surface area contributed by atoms with Crippen molar-refractivity contribution in [1.82, 2.24) is 0 Å². The summed E-state index contributed by atoms with van der Waals surface area (Å²) in [6.07, 6.45) is -3.66. The molecule has 0 radical (unpaired) electrons. The number of anilines is 1. The molecule has 0 saturated carbocycles. The van der Waals surface area contributed by atoms with Crippen LogP contribution in [-0.2, 0) is 6.18 Å². The SMILES string of the molecule is CC(C)(CCO)CNc1ccc(C(F)(F)F)cc1. The molecular weight excluding hydrogens is 243 g/mol. The van der Waals surface area contributed by atoms with Crippen LogP contribution in [0.4, 0.5) is 18.9 Å². The van der Waals surface area contributed by atoms with Crippen LogP contribution in [-0.4, -0.2) is 18.3 Å². The van der Waals surface area contributed by atoms with Crippen molar-refractivity contribution in [2.45, 2.75) is 26.4 Å². The molecule has 1 rings (SSSR count). The maximum atomic E-state index is 12.3. The van der Waals surface area contributed by atoms with Gasteiger partial charge in [0.2, 0.25) is 0 Å². The Kier molecular flexibility index (Phi) is 4.62. The Bertz CT molecular complexity index is 371. The minimum absolute atomic E-state index is 0.0989. The van der Waals surface area contributed by atoms with Gasteiger partial charge in [0.15, 0.2) is 0 Å². The molecule has 0 saturated heterocycles. The van der Waals surface area contributed by atoms with Crippen molar-refractivity contribution >= 4 is 5.69 Å². The lowest BCUT2D eigenvalue weighted by atomic mass is 9.89. The second-order valence-electron chi connectivity index (χ2n) is 5.07. The second kappa shape index (κ2) is 5.61. The molecule has 0 amide bonds. The minimum atomic E-state index is -4.30. The first-order chi connectivity index (χ1) is 8.24. The van der Waals surface area contributed by atoms with E-state index in [4.69, 9.17) is 5.11 Å². The highest BCUT2D eigenvalue weighted by molar-refractivity contribution is 5.45. The highest BCUT2D eigenvalue weighted by Gasteiger charge is 2.29. The van der Waals surface area contributed by atoms with Crippen molar-refractivity contribution in [3.05, 3.63) is 29.8 Å². The van der Waals surface area contributed by atoms with Crippen LogP contribution in [0.5, 0.6) is 0 Å². The van der Waals surface area contributed by atoms with Crippen LogP contribution in [0.3, 0.4) is 0 Å². The lowest BCUT2D eigenvalue weighted by molar-refractivity contribution is -0.137. The van der Waals surface area contributed by atoms with Gasteiger partial charge in [-0.25, -0.2) is 0 Å². The first-order valence-corrected chi connectivity index (χ1v) is 5.77. The number of nitrogens with one attached hydrogen (secondary N) is 1. The van der Waals surface area contributed by atoms with Crippen molar-refractivity contribution in [3.63, 3.8) is 0 Å². The van der Waals surface area contributed by atoms with E-state index in [-0.39, 0.29) is 12.0 Å². The topological polar surface area (TPSA) is 32.3 Å². The van der Waals surface area contributed by atoms with Gasteiger partial charge in [0.1, 0.15) is 0 Å². The quantitative estimate of drug-likeness (QED) is 0.850. The Morgan fingerprint density at radius 1 is 1.11 bits per heavy atom. The van der Waals surface area contributed by atoms with E-state index in [1.165, 1.54) is 12.1 Å². The van der Waals surface area contributed by atoms with Crippen molar-refractivity contribution in [3.8, 4) is 0 Å². The molecule has 0 fully saturated rings. The monoisotopic (exact) mass is 261 g/mol. The van der Waals surface area contributed by atoms with E-state index in [0.29, 0.717) is 18.7 Å². The molecule has 0 bridgehead atoms. The smallest absolute Gasteiger partial charge is 0.396 e. The van der Waals surface area contributed by atoms with E-state index < -0.39 is 11.7 Å². The summed E-state index contributed by atoms with van der Waals surface area (Å²) in [5.41, 5.74) is -0.103. The van der Waals surface area contributed by atoms with Crippen molar-refractivity contribution in [2.75, 3.05) is 18.5 Å². The van der Waals surface area contributed by atoms with Gasteiger partial charge < -0.3 is 10.4 Å². The van der Waals surface area contributed by atoms with Gasteiger partial charge in [-0.15, -0.1) is 0 Å². The zero-order valence-corrected chi connectivity index (χ0v) is 10.5. The largest absolute Gasteiger partial charge is 0.416 e. The molecule has 2 nitrogen and oxygen atoms in total. The molecular formula is C13H18F3NO. The summed E-state index contributed by atoms with van der Waals surface area (Å²) in [6, 6.07) is 4.94. The number of benzene rings is 1. The Morgan fingerprint density at radius 2 is 1.67 bits per heavy atom. The zero-order chi connectivity index (χ0) is 13.8. The average molecular weight is 261 g/mol. The Balaban J connectivity index is 2.60. The van der Waals surface area contributed by atoms with Crippen molar-refractivity contribution < 1.29 is 18.3 Å². The summed E-state index contributed by atoms with van der Waals surface area (Å²) in [4.78, 5) is 0. The van der Waals surface area contributed by atoms with Gasteiger partial charge in [0.05, 0.1) is 5.56 Å². The van der Waals surface area contributed by atoms with Gasteiger partial charge >= 0.3 is 6.18 Å². The van der Waals surface area contributed by atoms with E-state index in [9.17, 15) is 13.2 Å². The van der Waals surface area contributed by atoms with Crippen molar-refractivity contribution in [2.24, 2.45) is 5.41 Å². The van der Waals surface area contributed by atoms with E-state index in [0.717, 1.165) is 12.1 Å². The van der Waals surface area contributed by atoms with E-state index >= 15 is 0 Å². The third kappa shape index (κ3) is 4.56. The van der Waals surface area contributed by atoms with Gasteiger partial charge in [-0.1, -0.05) is 13.8 Å². The summed E-state index contributed by atoms with van der Waals surface area (Å²) >= 11 is 0. The molecule has 5 heteroatoms. The van der Waals surface area contributed by atoms with Gasteiger partial charge in [-0.05, 0) is 36.1 Å². The molecule has 0 spiro atoms. The fourth-order valence-electron chi connectivity index (χ4n) is 1.51. The zero-order valence-electron chi connectivity index (χ0n) is 10.5. The van der Waals surface area contributed by atoms with E-state index in [2.05, 4.69) is 5.32 Å². The summed E-state index contributed by atoms with van der Waals surface area (Å²) in [7, 11) is 0. The van der Waals surface area contributed by atoms with Gasteiger partial charge in [0, 0.05) is 18.8 Å². The van der Waals surface area contributed by atoms with Crippen LogP contribution in [0.1, 0.15) is 25.8 Å². The predicted octanol–water partition coefficient (Wildman–Crippen LogP) is 3.53. The molecule has 0 aliphatic rings. The lowest BCUT2D eigenvalue weighted by Crippen LogP contribution is -2.24. The van der Waals surface area contributed by atoms with Gasteiger partial charge in [0.25, 0.3) is 0 Å². The van der Waals surface area contributed by atoms with E-state index in [1.54, 1.807) is 0 Å².